The number of esters is 1. The smallest absolute Gasteiger partial charge is 0.338 e. The highest BCUT2D eigenvalue weighted by Gasteiger charge is 2.89. The van der Waals surface area contributed by atoms with Gasteiger partial charge in [0.2, 0.25) is 0 Å². The van der Waals surface area contributed by atoms with Crippen molar-refractivity contribution in [2.24, 2.45) is 189 Å². The molecule has 288 valence electrons. The summed E-state index contributed by atoms with van der Waals surface area (Å²) < 4.78 is 5.47. The Bertz CT molecular complexity index is 1990. The number of benzene rings is 1. The second-order valence-electron chi connectivity index (χ2n) is 25.3. The van der Waals surface area contributed by atoms with Crippen LogP contribution in [-0.2, 0) is 4.74 Å². The van der Waals surface area contributed by atoms with E-state index in [0.29, 0.717) is 12.6 Å². The van der Waals surface area contributed by atoms with Crippen molar-refractivity contribution in [2.75, 3.05) is 20.2 Å². The minimum absolute atomic E-state index is 0.146. The van der Waals surface area contributed by atoms with Gasteiger partial charge in [-0.05, 0) is 272 Å². The van der Waals surface area contributed by atoms with E-state index in [4.69, 9.17) is 4.74 Å². The van der Waals surface area contributed by atoms with E-state index < -0.39 is 0 Å². The summed E-state index contributed by atoms with van der Waals surface area (Å²) in [4.78, 5) is 15.8. The third-order valence-corrected chi connectivity index (χ3v) is 26.5. The number of carbonyl (C=O) groups excluding carboxylic acids is 1. The van der Waals surface area contributed by atoms with Crippen LogP contribution in [0.2, 0.25) is 0 Å². The first-order chi connectivity index (χ1) is 27.2. The van der Waals surface area contributed by atoms with Crippen LogP contribution in [0.5, 0.6) is 0 Å². The lowest BCUT2D eigenvalue weighted by Gasteiger charge is -2.62. The van der Waals surface area contributed by atoms with Crippen molar-refractivity contribution in [2.45, 2.75) is 64.3 Å². The lowest BCUT2D eigenvalue weighted by Crippen LogP contribution is -2.59. The number of nitrogens with zero attached hydrogens (tertiary/aromatic N) is 1. The van der Waals surface area contributed by atoms with Gasteiger partial charge in [-0.15, -0.1) is 0 Å². The minimum Gasteiger partial charge on any atom is -0.462 e. The van der Waals surface area contributed by atoms with E-state index in [9.17, 15) is 4.79 Å². The van der Waals surface area contributed by atoms with Crippen molar-refractivity contribution in [3.63, 3.8) is 0 Å². The van der Waals surface area contributed by atoms with Gasteiger partial charge in [0, 0.05) is 12.6 Å². The van der Waals surface area contributed by atoms with Gasteiger partial charge in [-0.25, -0.2) is 4.79 Å². The zero-order valence-corrected chi connectivity index (χ0v) is 33.2. The quantitative estimate of drug-likeness (QED) is 0.291. The molecule has 16 aliphatic carbocycles. The molecule has 1 aliphatic heterocycles. The fourth-order valence-corrected chi connectivity index (χ4v) is 28.0. The molecular formula is C52H63NO2. The maximum absolute atomic E-state index is 12.8. The van der Waals surface area contributed by atoms with E-state index in [1.54, 1.807) is 51.4 Å². The molecule has 18 rings (SSSR count). The van der Waals surface area contributed by atoms with Gasteiger partial charge in [0.1, 0.15) is 0 Å². The summed E-state index contributed by atoms with van der Waals surface area (Å²) in [6.07, 6.45) is 13.2. The Balaban J connectivity index is 0.890. The molecule has 17 aliphatic rings. The molecule has 1 aromatic carbocycles. The largest absolute Gasteiger partial charge is 0.462 e. The third kappa shape index (κ3) is 2.70. The van der Waals surface area contributed by atoms with Crippen molar-refractivity contribution < 1.29 is 9.53 Å². The third-order valence-electron chi connectivity index (χ3n) is 26.5. The SMILES string of the molecule is CCOC(=O)c1ccc(C2C3C(CN2C)C2C4CCC5C6CCC7C8CCC9C%10CCC%11C%12C%10C%10C9C8C8C7C6C6C5C4C4C2C(C%113)C%12C2C%10C8C6C42)cc1. The maximum Gasteiger partial charge on any atom is 0.338 e. The Morgan fingerprint density at radius 2 is 0.782 bits per heavy atom. The first-order valence-electron chi connectivity index (χ1n) is 25.1. The fourth-order valence-electron chi connectivity index (χ4n) is 28.0. The van der Waals surface area contributed by atoms with Gasteiger partial charge in [-0.1, -0.05) is 12.1 Å². The first-order valence-corrected chi connectivity index (χ1v) is 25.1. The zero-order valence-electron chi connectivity index (χ0n) is 33.2. The molecule has 1 heterocycles. The lowest BCUT2D eigenvalue weighted by atomic mass is 9.42. The Hall–Kier alpha value is -1.35. The van der Waals surface area contributed by atoms with Crippen LogP contribution in [0, 0.1) is 189 Å². The summed E-state index contributed by atoms with van der Waals surface area (Å²) in [5.41, 5.74) is 2.28. The molecule has 0 aromatic heterocycles. The summed E-state index contributed by atoms with van der Waals surface area (Å²) in [7, 11) is 2.55. The molecule has 1 aromatic rings. The summed E-state index contributed by atoms with van der Waals surface area (Å²) in [6, 6.07) is 9.61. The number of rotatable bonds is 3. The number of ether oxygens (including phenoxy) is 1. The number of likely N-dealkylation sites (tertiary alicyclic amines) is 1. The molecule has 33 unspecified atom stereocenters. The van der Waals surface area contributed by atoms with Crippen molar-refractivity contribution >= 4 is 5.97 Å². The molecule has 0 radical (unpaired) electrons. The van der Waals surface area contributed by atoms with E-state index >= 15 is 0 Å². The predicted octanol–water partition coefficient (Wildman–Crippen LogP) is 8.91. The van der Waals surface area contributed by atoms with E-state index in [1.165, 1.54) is 83.1 Å². The van der Waals surface area contributed by atoms with Gasteiger partial charge >= 0.3 is 5.97 Å². The lowest BCUT2D eigenvalue weighted by molar-refractivity contribution is -0.154. The van der Waals surface area contributed by atoms with Gasteiger partial charge in [-0.3, -0.25) is 4.90 Å². The molecule has 55 heavy (non-hydrogen) atoms. The van der Waals surface area contributed by atoms with Crippen molar-refractivity contribution in [3.05, 3.63) is 35.4 Å². The van der Waals surface area contributed by atoms with Crippen LogP contribution in [0.1, 0.15) is 80.3 Å². The van der Waals surface area contributed by atoms with Crippen molar-refractivity contribution in [1.29, 1.82) is 0 Å². The Kier molecular flexibility index (Phi) is 4.90. The molecule has 3 nitrogen and oxygen atoms in total. The van der Waals surface area contributed by atoms with Crippen LogP contribution >= 0.6 is 0 Å². The molecule has 17 fully saturated rings. The highest BCUT2D eigenvalue weighted by molar-refractivity contribution is 5.89. The van der Waals surface area contributed by atoms with E-state index in [-0.39, 0.29) is 5.97 Å². The molecule has 33 atom stereocenters. The summed E-state index contributed by atoms with van der Waals surface area (Å²) in [5, 5.41) is 0. The Morgan fingerprint density at radius 1 is 0.455 bits per heavy atom. The van der Waals surface area contributed by atoms with E-state index in [0.717, 1.165) is 124 Å². The summed E-state index contributed by atoms with van der Waals surface area (Å²) in [6.45, 7) is 3.74. The second kappa shape index (κ2) is 9.04. The van der Waals surface area contributed by atoms with Gasteiger partial charge in [0.25, 0.3) is 0 Å². The Morgan fingerprint density at radius 3 is 1.22 bits per heavy atom. The molecule has 0 spiro atoms. The summed E-state index contributed by atoms with van der Waals surface area (Å²) in [5.74, 6) is 35.8. The highest BCUT2D eigenvalue weighted by atomic mass is 16.5. The molecular weight excluding hydrogens is 671 g/mol. The van der Waals surface area contributed by atoms with Crippen LogP contribution in [0.4, 0.5) is 0 Å². The number of fused-ring (bicyclic) bond motifs is 8. The molecule has 0 bridgehead atoms. The fraction of sp³-hybridized carbons (Fsp3) is 0.865. The van der Waals surface area contributed by atoms with Gasteiger partial charge < -0.3 is 4.74 Å². The highest BCUT2D eigenvalue weighted by Crippen LogP contribution is 2.93. The monoisotopic (exact) mass is 733 g/mol. The number of carbonyl (C=O) groups is 1. The van der Waals surface area contributed by atoms with Crippen LogP contribution < -0.4 is 0 Å². The van der Waals surface area contributed by atoms with Gasteiger partial charge in [0.05, 0.1) is 12.2 Å². The van der Waals surface area contributed by atoms with Crippen molar-refractivity contribution in [3.8, 4) is 0 Å². The average Bonchev–Trinajstić information content (AvgIpc) is 4.06. The average molecular weight is 734 g/mol. The second-order valence-corrected chi connectivity index (χ2v) is 25.3. The zero-order chi connectivity index (χ0) is 35.0. The van der Waals surface area contributed by atoms with E-state index in [2.05, 4.69) is 36.2 Å². The van der Waals surface area contributed by atoms with Crippen LogP contribution in [0.15, 0.2) is 24.3 Å². The van der Waals surface area contributed by atoms with Crippen LogP contribution in [-0.4, -0.2) is 31.1 Å². The van der Waals surface area contributed by atoms with Gasteiger partial charge in [0.15, 0.2) is 0 Å². The molecule has 3 heteroatoms. The first kappa shape index (κ1) is 29.8. The Labute approximate surface area is 328 Å². The van der Waals surface area contributed by atoms with Crippen molar-refractivity contribution in [1.82, 2.24) is 4.90 Å². The van der Waals surface area contributed by atoms with Gasteiger partial charge in [-0.2, -0.15) is 0 Å². The van der Waals surface area contributed by atoms with Crippen LogP contribution in [0.25, 0.3) is 0 Å². The topological polar surface area (TPSA) is 29.5 Å². The molecule has 16 saturated carbocycles. The predicted molar refractivity (Wildman–Crippen MR) is 206 cm³/mol. The maximum atomic E-state index is 12.8. The van der Waals surface area contributed by atoms with Crippen LogP contribution in [0.3, 0.4) is 0 Å². The summed E-state index contributed by atoms with van der Waals surface area (Å²) >= 11 is 0. The van der Waals surface area contributed by atoms with E-state index in [1.807, 2.05) is 6.92 Å². The normalized spacial score (nSPS) is 71.8. The minimum atomic E-state index is -0.146. The molecule has 0 amide bonds. The standard InChI is InChI=1S/C52H63NO2/c1-3-55-52(54)18-6-4-17(5-7-18)51-38-27(16-53(51)2)28-25-14-12-23-21-10-8-19-20-9-11-22-24-13-15-26-36-34(24)42-32(22)30(20)40-29(19)31(21)41-33(23)35(25)43-39(28)45(37(26)38)44(36)50-48(42)46(40)47(41)49(43)50/h4-7,19-51H,3,8-16H2,1-2H3. The molecule has 1 saturated heterocycles. The molecule has 0 N–H and O–H groups in total. The number of hydrogen-bond acceptors (Lipinski definition) is 3. The number of hydrogen-bond donors (Lipinski definition) is 0.